The molecule has 2 N–H and O–H groups in total. The lowest BCUT2D eigenvalue weighted by atomic mass is 10.0. The van der Waals surface area contributed by atoms with Crippen molar-refractivity contribution in [2.75, 3.05) is 4.72 Å². The SMILES string of the molecule is Cc1ccccc1C(C)NC(=O)c1cccc(S(=O)(=O)Nc2ccccc2F)c1. The summed E-state index contributed by atoms with van der Waals surface area (Å²) in [4.78, 5) is 12.5. The van der Waals surface area contributed by atoms with Gasteiger partial charge in [-0.15, -0.1) is 0 Å². The average molecular weight is 412 g/mol. The molecule has 0 aliphatic carbocycles. The fourth-order valence-corrected chi connectivity index (χ4v) is 4.10. The van der Waals surface area contributed by atoms with Gasteiger partial charge in [0.25, 0.3) is 15.9 Å². The minimum absolute atomic E-state index is 0.128. The van der Waals surface area contributed by atoms with Crippen LogP contribution in [0.1, 0.15) is 34.5 Å². The maximum absolute atomic E-state index is 13.8. The molecule has 0 aliphatic rings. The summed E-state index contributed by atoms with van der Waals surface area (Å²) < 4.78 is 41.2. The van der Waals surface area contributed by atoms with Crippen LogP contribution in [0.25, 0.3) is 0 Å². The first-order valence-electron chi connectivity index (χ1n) is 9.02. The Morgan fingerprint density at radius 1 is 0.966 bits per heavy atom. The molecular formula is C22H21FN2O3S. The number of amides is 1. The lowest BCUT2D eigenvalue weighted by Gasteiger charge is -2.17. The number of carbonyl (C=O) groups is 1. The van der Waals surface area contributed by atoms with Crippen LogP contribution in [0.5, 0.6) is 0 Å². The Morgan fingerprint density at radius 3 is 2.38 bits per heavy atom. The second kappa shape index (κ2) is 8.45. The second-order valence-electron chi connectivity index (χ2n) is 6.66. The number of carbonyl (C=O) groups excluding carboxylic acids is 1. The maximum Gasteiger partial charge on any atom is 0.262 e. The molecule has 3 aromatic carbocycles. The van der Waals surface area contributed by atoms with Crippen LogP contribution < -0.4 is 10.0 Å². The molecule has 5 nitrogen and oxygen atoms in total. The van der Waals surface area contributed by atoms with E-state index in [1.165, 1.54) is 42.5 Å². The van der Waals surface area contributed by atoms with Gasteiger partial charge in [0.15, 0.2) is 0 Å². The highest BCUT2D eigenvalue weighted by atomic mass is 32.2. The van der Waals surface area contributed by atoms with Gasteiger partial charge in [-0.25, -0.2) is 12.8 Å². The number of benzene rings is 3. The zero-order valence-electron chi connectivity index (χ0n) is 16.0. The van der Waals surface area contributed by atoms with Crippen molar-refractivity contribution >= 4 is 21.6 Å². The summed E-state index contributed by atoms with van der Waals surface area (Å²) in [5.41, 5.74) is 2.06. The molecule has 0 aliphatic heterocycles. The van der Waals surface area contributed by atoms with E-state index < -0.39 is 21.7 Å². The fourth-order valence-electron chi connectivity index (χ4n) is 2.98. The van der Waals surface area contributed by atoms with Crippen LogP contribution in [0.15, 0.2) is 77.7 Å². The summed E-state index contributed by atoms with van der Waals surface area (Å²) in [5, 5.41) is 2.88. The summed E-state index contributed by atoms with van der Waals surface area (Å²) in [6.07, 6.45) is 0. The Balaban J connectivity index is 1.81. The summed E-state index contributed by atoms with van der Waals surface area (Å²) in [6.45, 7) is 3.82. The third-order valence-corrected chi connectivity index (χ3v) is 5.89. The Morgan fingerprint density at radius 2 is 1.66 bits per heavy atom. The molecule has 1 unspecified atom stereocenters. The molecule has 0 saturated carbocycles. The minimum Gasteiger partial charge on any atom is -0.346 e. The van der Waals surface area contributed by atoms with E-state index >= 15 is 0 Å². The monoisotopic (exact) mass is 412 g/mol. The summed E-state index contributed by atoms with van der Waals surface area (Å²) in [7, 11) is -4.05. The number of sulfonamides is 1. The van der Waals surface area contributed by atoms with E-state index in [4.69, 9.17) is 0 Å². The molecule has 0 fully saturated rings. The zero-order valence-corrected chi connectivity index (χ0v) is 16.8. The smallest absolute Gasteiger partial charge is 0.262 e. The van der Waals surface area contributed by atoms with Gasteiger partial charge in [0.1, 0.15) is 5.82 Å². The van der Waals surface area contributed by atoms with Crippen LogP contribution in [-0.2, 0) is 10.0 Å². The fraction of sp³-hybridized carbons (Fsp3) is 0.136. The molecule has 0 saturated heterocycles. The Labute approximate surface area is 169 Å². The predicted molar refractivity (Wildman–Crippen MR) is 111 cm³/mol. The molecule has 29 heavy (non-hydrogen) atoms. The van der Waals surface area contributed by atoms with Crippen LogP contribution in [0.2, 0.25) is 0 Å². The van der Waals surface area contributed by atoms with Gasteiger partial charge < -0.3 is 5.32 Å². The van der Waals surface area contributed by atoms with E-state index in [-0.39, 0.29) is 22.2 Å². The van der Waals surface area contributed by atoms with Crippen molar-refractivity contribution in [3.8, 4) is 0 Å². The Kier molecular flexibility index (Phi) is 5.98. The molecule has 1 atom stereocenters. The third kappa shape index (κ3) is 4.81. The number of hydrogen-bond acceptors (Lipinski definition) is 3. The van der Waals surface area contributed by atoms with Crippen molar-refractivity contribution in [2.24, 2.45) is 0 Å². The Bertz CT molecular complexity index is 1150. The highest BCUT2D eigenvalue weighted by Crippen LogP contribution is 2.21. The quantitative estimate of drug-likeness (QED) is 0.629. The van der Waals surface area contributed by atoms with Gasteiger partial charge in [-0.05, 0) is 55.3 Å². The second-order valence-corrected chi connectivity index (χ2v) is 8.35. The van der Waals surface area contributed by atoms with Gasteiger partial charge in [-0.2, -0.15) is 0 Å². The molecule has 7 heteroatoms. The van der Waals surface area contributed by atoms with Gasteiger partial charge in [0.05, 0.1) is 16.6 Å². The minimum atomic E-state index is -4.05. The molecule has 0 spiro atoms. The van der Waals surface area contributed by atoms with Crippen molar-refractivity contribution in [3.05, 3.63) is 95.3 Å². The van der Waals surface area contributed by atoms with E-state index in [0.29, 0.717) is 0 Å². The molecule has 1 amide bonds. The van der Waals surface area contributed by atoms with Crippen molar-refractivity contribution in [1.29, 1.82) is 0 Å². The van der Waals surface area contributed by atoms with Crippen molar-refractivity contribution < 1.29 is 17.6 Å². The molecule has 3 rings (SSSR count). The van der Waals surface area contributed by atoms with Crippen LogP contribution in [0.4, 0.5) is 10.1 Å². The van der Waals surface area contributed by atoms with Gasteiger partial charge in [0.2, 0.25) is 0 Å². The standard InChI is InChI=1S/C22H21FN2O3S/c1-15-8-3-4-11-19(15)16(2)24-22(26)17-9-7-10-18(14-17)29(27,28)25-21-13-6-5-12-20(21)23/h3-14,16,25H,1-2H3,(H,24,26). The summed E-state index contributed by atoms with van der Waals surface area (Å²) in [5.74, 6) is -1.08. The number of aryl methyl sites for hydroxylation is 1. The summed E-state index contributed by atoms with van der Waals surface area (Å²) in [6, 6.07) is 18.6. The normalized spacial score (nSPS) is 12.2. The number of rotatable bonds is 6. The average Bonchev–Trinajstić information content (AvgIpc) is 2.70. The van der Waals surface area contributed by atoms with E-state index in [1.807, 2.05) is 38.1 Å². The van der Waals surface area contributed by atoms with Crippen LogP contribution in [0.3, 0.4) is 0 Å². The molecule has 0 aromatic heterocycles. The van der Waals surface area contributed by atoms with Crippen molar-refractivity contribution in [2.45, 2.75) is 24.8 Å². The first-order chi connectivity index (χ1) is 13.8. The van der Waals surface area contributed by atoms with Gasteiger partial charge in [-0.1, -0.05) is 42.5 Å². The van der Waals surface area contributed by atoms with E-state index in [9.17, 15) is 17.6 Å². The third-order valence-electron chi connectivity index (χ3n) is 4.53. The van der Waals surface area contributed by atoms with E-state index in [2.05, 4.69) is 10.0 Å². The first-order valence-corrected chi connectivity index (χ1v) is 10.5. The van der Waals surface area contributed by atoms with Gasteiger partial charge >= 0.3 is 0 Å². The lowest BCUT2D eigenvalue weighted by molar-refractivity contribution is 0.0939. The number of halogens is 1. The van der Waals surface area contributed by atoms with Crippen molar-refractivity contribution in [3.63, 3.8) is 0 Å². The largest absolute Gasteiger partial charge is 0.346 e. The maximum atomic E-state index is 13.8. The highest BCUT2D eigenvalue weighted by Gasteiger charge is 2.19. The van der Waals surface area contributed by atoms with Crippen molar-refractivity contribution in [1.82, 2.24) is 5.32 Å². The molecule has 0 heterocycles. The highest BCUT2D eigenvalue weighted by molar-refractivity contribution is 7.92. The lowest BCUT2D eigenvalue weighted by Crippen LogP contribution is -2.27. The Hall–Kier alpha value is -3.19. The summed E-state index contributed by atoms with van der Waals surface area (Å²) >= 11 is 0. The first kappa shape index (κ1) is 20.5. The van der Waals surface area contributed by atoms with Gasteiger partial charge in [0, 0.05) is 5.56 Å². The molecule has 0 radical (unpaired) electrons. The van der Waals surface area contributed by atoms with Crippen LogP contribution >= 0.6 is 0 Å². The van der Waals surface area contributed by atoms with E-state index in [1.54, 1.807) is 0 Å². The number of para-hydroxylation sites is 1. The van der Waals surface area contributed by atoms with Crippen LogP contribution in [-0.4, -0.2) is 14.3 Å². The van der Waals surface area contributed by atoms with Gasteiger partial charge in [-0.3, -0.25) is 9.52 Å². The molecule has 150 valence electrons. The zero-order chi connectivity index (χ0) is 21.0. The molecular weight excluding hydrogens is 391 g/mol. The predicted octanol–water partition coefficient (Wildman–Crippen LogP) is 4.43. The molecule has 3 aromatic rings. The number of hydrogen-bond donors (Lipinski definition) is 2. The van der Waals surface area contributed by atoms with E-state index in [0.717, 1.165) is 17.2 Å². The number of anilines is 1. The van der Waals surface area contributed by atoms with Crippen LogP contribution in [0, 0.1) is 12.7 Å². The number of nitrogens with one attached hydrogen (secondary N) is 2. The molecule has 0 bridgehead atoms. The topological polar surface area (TPSA) is 75.3 Å².